The second-order valence-electron chi connectivity index (χ2n) is 5.04. The van der Waals surface area contributed by atoms with Crippen LogP contribution in [0.2, 0.25) is 0 Å². The van der Waals surface area contributed by atoms with E-state index in [1.807, 2.05) is 6.92 Å². The molecule has 1 fully saturated rings. The average Bonchev–Trinajstić information content (AvgIpc) is 3.27. The Morgan fingerprint density at radius 2 is 1.95 bits per heavy atom. The Hall–Kier alpha value is -2.04. The van der Waals surface area contributed by atoms with Crippen molar-refractivity contribution in [3.63, 3.8) is 0 Å². The molecule has 0 heterocycles. The number of rotatable bonds is 6. The van der Waals surface area contributed by atoms with Gasteiger partial charge in [0.1, 0.15) is 5.75 Å². The van der Waals surface area contributed by atoms with Gasteiger partial charge in [0.2, 0.25) is 0 Å². The van der Waals surface area contributed by atoms with Crippen LogP contribution in [0.5, 0.6) is 5.75 Å². The third kappa shape index (κ3) is 3.29. The van der Waals surface area contributed by atoms with Gasteiger partial charge in [-0.15, -0.1) is 0 Å². The van der Waals surface area contributed by atoms with Gasteiger partial charge in [-0.2, -0.15) is 0 Å². The van der Waals surface area contributed by atoms with Crippen LogP contribution >= 0.6 is 0 Å². The van der Waals surface area contributed by atoms with Gasteiger partial charge in [-0.1, -0.05) is 0 Å². The van der Waals surface area contributed by atoms with Crippen LogP contribution in [-0.2, 0) is 0 Å². The topological polar surface area (TPSA) is 66.8 Å². The number of carboxylic acids is 1. The summed E-state index contributed by atoms with van der Waals surface area (Å²) in [5.41, 5.74) is 0.430. The fraction of sp³-hybridized carbons (Fsp3) is 0.467. The van der Waals surface area contributed by atoms with Gasteiger partial charge in [-0.3, -0.25) is 4.79 Å². The van der Waals surface area contributed by atoms with Gasteiger partial charge in [-0.05, 0) is 43.9 Å². The van der Waals surface area contributed by atoms with Gasteiger partial charge in [0.25, 0.3) is 5.91 Å². The van der Waals surface area contributed by atoms with Crippen molar-refractivity contribution in [1.29, 1.82) is 0 Å². The zero-order valence-corrected chi connectivity index (χ0v) is 11.8. The number of carboxylic acid groups (broad SMARTS) is 1. The standard InChI is InChI=1S/C15H19NO4/c1-3-16(9-10-4-5-10)14(17)11-6-12(15(18)19)8-13(7-11)20-2/h6-8,10H,3-5,9H2,1-2H3,(H,18,19). The third-order valence-electron chi connectivity index (χ3n) is 3.48. The van der Waals surface area contributed by atoms with Crippen LogP contribution in [0, 0.1) is 5.92 Å². The van der Waals surface area contributed by atoms with E-state index in [-0.39, 0.29) is 11.5 Å². The lowest BCUT2D eigenvalue weighted by molar-refractivity contribution is 0.0696. The van der Waals surface area contributed by atoms with E-state index in [0.29, 0.717) is 23.8 Å². The number of methoxy groups -OCH3 is 1. The van der Waals surface area contributed by atoms with Crippen molar-refractivity contribution in [2.24, 2.45) is 5.92 Å². The molecule has 1 N–H and O–H groups in total. The van der Waals surface area contributed by atoms with Crippen LogP contribution in [0.25, 0.3) is 0 Å². The van der Waals surface area contributed by atoms with Crippen molar-refractivity contribution in [1.82, 2.24) is 4.90 Å². The molecule has 0 aliphatic heterocycles. The van der Waals surface area contributed by atoms with Gasteiger partial charge in [-0.25, -0.2) is 4.79 Å². The summed E-state index contributed by atoms with van der Waals surface area (Å²) in [6, 6.07) is 4.41. The number of hydrogen-bond donors (Lipinski definition) is 1. The molecule has 1 aliphatic rings. The highest BCUT2D eigenvalue weighted by molar-refractivity contribution is 5.98. The first-order valence-corrected chi connectivity index (χ1v) is 6.76. The minimum atomic E-state index is -1.07. The maximum Gasteiger partial charge on any atom is 0.335 e. The van der Waals surface area contributed by atoms with E-state index < -0.39 is 5.97 Å². The molecule has 1 saturated carbocycles. The molecule has 1 aliphatic carbocycles. The molecule has 1 aromatic carbocycles. The van der Waals surface area contributed by atoms with Crippen LogP contribution in [-0.4, -0.2) is 42.1 Å². The molecule has 0 saturated heterocycles. The van der Waals surface area contributed by atoms with Gasteiger partial charge in [0.15, 0.2) is 0 Å². The Bertz CT molecular complexity index is 523. The summed E-state index contributed by atoms with van der Waals surface area (Å²) < 4.78 is 5.07. The monoisotopic (exact) mass is 277 g/mol. The van der Waals surface area contributed by atoms with Crippen molar-refractivity contribution in [3.05, 3.63) is 29.3 Å². The van der Waals surface area contributed by atoms with Crippen molar-refractivity contribution in [2.45, 2.75) is 19.8 Å². The number of aromatic carboxylic acids is 1. The molecule has 0 atom stereocenters. The molecule has 2 rings (SSSR count). The normalized spacial score (nSPS) is 13.9. The first-order chi connectivity index (χ1) is 9.55. The molecule has 0 spiro atoms. The van der Waals surface area contributed by atoms with Gasteiger partial charge in [0, 0.05) is 18.7 Å². The second kappa shape index (κ2) is 5.94. The second-order valence-corrected chi connectivity index (χ2v) is 5.04. The Morgan fingerprint density at radius 3 is 2.45 bits per heavy atom. The average molecular weight is 277 g/mol. The van der Waals surface area contributed by atoms with E-state index in [1.54, 1.807) is 11.0 Å². The fourth-order valence-corrected chi connectivity index (χ4v) is 2.11. The smallest absolute Gasteiger partial charge is 0.335 e. The summed E-state index contributed by atoms with van der Waals surface area (Å²) in [6.45, 7) is 3.29. The number of benzene rings is 1. The predicted molar refractivity (Wildman–Crippen MR) is 74.3 cm³/mol. The Labute approximate surface area is 118 Å². The maximum absolute atomic E-state index is 12.5. The van der Waals surface area contributed by atoms with Crippen molar-refractivity contribution >= 4 is 11.9 Å². The highest BCUT2D eigenvalue weighted by Gasteiger charge is 2.27. The lowest BCUT2D eigenvalue weighted by Gasteiger charge is -2.21. The molecule has 0 unspecified atom stereocenters. The van der Waals surface area contributed by atoms with Crippen LogP contribution in [0.15, 0.2) is 18.2 Å². The van der Waals surface area contributed by atoms with Gasteiger partial charge in [0.05, 0.1) is 12.7 Å². The lowest BCUT2D eigenvalue weighted by atomic mass is 10.1. The minimum Gasteiger partial charge on any atom is -0.497 e. The molecule has 0 bridgehead atoms. The van der Waals surface area contributed by atoms with E-state index in [2.05, 4.69) is 0 Å². The van der Waals surface area contributed by atoms with Crippen molar-refractivity contribution in [3.8, 4) is 5.75 Å². The van der Waals surface area contributed by atoms with Crippen LogP contribution in [0.4, 0.5) is 0 Å². The first kappa shape index (κ1) is 14.4. The molecule has 5 heteroatoms. The maximum atomic E-state index is 12.5. The van der Waals surface area contributed by atoms with E-state index in [1.165, 1.54) is 32.1 Å². The number of nitrogens with zero attached hydrogens (tertiary/aromatic N) is 1. The van der Waals surface area contributed by atoms with E-state index in [4.69, 9.17) is 9.84 Å². The Kier molecular flexibility index (Phi) is 4.27. The van der Waals surface area contributed by atoms with Crippen molar-refractivity contribution < 1.29 is 19.4 Å². The number of hydrogen-bond acceptors (Lipinski definition) is 3. The third-order valence-corrected chi connectivity index (χ3v) is 3.48. The molecule has 20 heavy (non-hydrogen) atoms. The summed E-state index contributed by atoms with van der Waals surface area (Å²) in [5.74, 6) is -0.219. The number of amides is 1. The quantitative estimate of drug-likeness (QED) is 0.866. The number of ether oxygens (including phenoxy) is 1. The molecule has 1 aromatic rings. The fourth-order valence-electron chi connectivity index (χ4n) is 2.11. The first-order valence-electron chi connectivity index (χ1n) is 6.76. The van der Waals surface area contributed by atoms with Crippen molar-refractivity contribution in [2.75, 3.05) is 20.2 Å². The summed E-state index contributed by atoms with van der Waals surface area (Å²) >= 11 is 0. The summed E-state index contributed by atoms with van der Waals surface area (Å²) in [7, 11) is 1.46. The molecule has 5 nitrogen and oxygen atoms in total. The molecular weight excluding hydrogens is 258 g/mol. The molecule has 1 amide bonds. The largest absolute Gasteiger partial charge is 0.497 e. The van der Waals surface area contributed by atoms with Crippen LogP contribution in [0.3, 0.4) is 0 Å². The van der Waals surface area contributed by atoms with Crippen LogP contribution < -0.4 is 4.74 Å². The van der Waals surface area contributed by atoms with E-state index in [9.17, 15) is 9.59 Å². The molecule has 108 valence electrons. The molecular formula is C15H19NO4. The van der Waals surface area contributed by atoms with Gasteiger partial charge >= 0.3 is 5.97 Å². The highest BCUT2D eigenvalue weighted by atomic mass is 16.5. The summed E-state index contributed by atoms with van der Waals surface area (Å²) in [5, 5.41) is 9.08. The predicted octanol–water partition coefficient (Wildman–Crippen LogP) is 2.27. The zero-order valence-electron chi connectivity index (χ0n) is 11.8. The van der Waals surface area contributed by atoms with Gasteiger partial charge < -0.3 is 14.7 Å². The highest BCUT2D eigenvalue weighted by Crippen LogP contribution is 2.30. The van der Waals surface area contributed by atoms with E-state index >= 15 is 0 Å². The SMILES string of the molecule is CCN(CC1CC1)C(=O)c1cc(OC)cc(C(=O)O)c1. The summed E-state index contributed by atoms with van der Waals surface area (Å²) in [4.78, 5) is 25.3. The Balaban J connectivity index is 2.26. The Morgan fingerprint density at radius 1 is 1.30 bits per heavy atom. The zero-order chi connectivity index (χ0) is 14.7. The number of carbonyl (C=O) groups is 2. The molecule has 0 radical (unpaired) electrons. The molecule has 0 aromatic heterocycles. The number of carbonyl (C=O) groups excluding carboxylic acids is 1. The summed E-state index contributed by atoms with van der Waals surface area (Å²) in [6.07, 6.45) is 2.34. The lowest BCUT2D eigenvalue weighted by Crippen LogP contribution is -2.32. The van der Waals surface area contributed by atoms with Crippen LogP contribution in [0.1, 0.15) is 40.5 Å². The minimum absolute atomic E-state index is 0.0650. The van der Waals surface area contributed by atoms with E-state index in [0.717, 1.165) is 6.54 Å².